The molecule has 0 bridgehead atoms. The molecule has 8 nitrogen and oxygen atoms in total. The van der Waals surface area contributed by atoms with Crippen molar-refractivity contribution in [3.8, 4) is 17.0 Å². The van der Waals surface area contributed by atoms with Crippen LogP contribution in [0.5, 0.6) is 5.75 Å². The fraction of sp³-hybridized carbons (Fsp3) is 0.0455. The molecule has 0 amide bonds. The zero-order chi connectivity index (χ0) is 22.0. The van der Waals surface area contributed by atoms with Gasteiger partial charge in [0, 0.05) is 16.3 Å². The minimum atomic E-state index is -4.47. The van der Waals surface area contributed by atoms with E-state index >= 15 is 0 Å². The van der Waals surface area contributed by atoms with Crippen molar-refractivity contribution in [2.45, 2.75) is 4.90 Å². The van der Waals surface area contributed by atoms with Gasteiger partial charge in [0.05, 0.1) is 24.7 Å². The third-order valence-corrected chi connectivity index (χ3v) is 5.58. The summed E-state index contributed by atoms with van der Waals surface area (Å²) in [5.41, 5.74) is 8.62. The average Bonchev–Trinajstić information content (AvgIpc) is 2.78. The second-order valence-corrected chi connectivity index (χ2v) is 8.05. The van der Waals surface area contributed by atoms with Crippen LogP contribution in [0.3, 0.4) is 0 Å². The first kappa shape index (κ1) is 23.8. The van der Waals surface area contributed by atoms with Gasteiger partial charge >= 0.3 is 29.6 Å². The third kappa shape index (κ3) is 4.98. The third-order valence-electron chi connectivity index (χ3n) is 4.69. The molecule has 0 atom stereocenters. The number of rotatable bonds is 5. The number of nitrogens with two attached hydrogens (primary N) is 1. The van der Waals surface area contributed by atoms with Crippen LogP contribution in [0.4, 0.5) is 17.1 Å². The summed E-state index contributed by atoms with van der Waals surface area (Å²) in [4.78, 5) is 4.11. The Bertz CT molecular complexity index is 1410. The van der Waals surface area contributed by atoms with Crippen molar-refractivity contribution in [2.24, 2.45) is 10.2 Å². The van der Waals surface area contributed by atoms with Crippen molar-refractivity contribution in [3.63, 3.8) is 0 Å². The van der Waals surface area contributed by atoms with E-state index in [1.54, 1.807) is 49.7 Å². The average molecular weight is 458 g/mol. The zero-order valence-corrected chi connectivity index (χ0v) is 17.2. The Labute approximate surface area is 207 Å². The van der Waals surface area contributed by atoms with Crippen LogP contribution in [0.2, 0.25) is 0 Å². The summed E-state index contributed by atoms with van der Waals surface area (Å²) in [5.74, 6) is 0.726. The molecule has 0 fully saturated rings. The number of ether oxygens (including phenoxy) is 1. The first-order chi connectivity index (χ1) is 14.9. The fourth-order valence-electron chi connectivity index (χ4n) is 3.16. The van der Waals surface area contributed by atoms with Crippen LogP contribution in [-0.4, -0.2) is 54.6 Å². The van der Waals surface area contributed by atoms with E-state index in [1.165, 1.54) is 6.07 Å². The molecule has 4 rings (SSSR count). The minimum absolute atomic E-state index is 0. The molecule has 158 valence electrons. The maximum absolute atomic E-state index is 11.8. The molecule has 1 aromatic heterocycles. The van der Waals surface area contributed by atoms with E-state index in [0.29, 0.717) is 16.5 Å². The molecule has 3 aromatic carbocycles. The SMILES string of the molecule is COc1cccc(-c2ccc(N=Nc3cc(S(=O)(=O)O)c4ccccc4c3N)cn2)c1.[NaH]. The van der Waals surface area contributed by atoms with Gasteiger partial charge in [0.2, 0.25) is 0 Å². The van der Waals surface area contributed by atoms with Crippen molar-refractivity contribution in [3.05, 3.63) is 72.9 Å². The Morgan fingerprint density at radius 2 is 1.72 bits per heavy atom. The molecule has 0 spiro atoms. The number of benzene rings is 3. The van der Waals surface area contributed by atoms with Gasteiger partial charge in [-0.05, 0) is 30.3 Å². The van der Waals surface area contributed by atoms with Crippen LogP contribution in [0.1, 0.15) is 0 Å². The number of hydrogen-bond acceptors (Lipinski definition) is 7. The number of azo groups is 1. The van der Waals surface area contributed by atoms with E-state index in [2.05, 4.69) is 15.2 Å². The number of pyridine rings is 1. The van der Waals surface area contributed by atoms with Crippen LogP contribution < -0.4 is 10.5 Å². The molecule has 32 heavy (non-hydrogen) atoms. The van der Waals surface area contributed by atoms with E-state index < -0.39 is 10.1 Å². The molecule has 0 aliphatic rings. The number of nitrogens with zero attached hydrogens (tertiary/aromatic N) is 3. The van der Waals surface area contributed by atoms with Gasteiger partial charge in [0.15, 0.2) is 0 Å². The molecule has 0 saturated carbocycles. The normalized spacial score (nSPS) is 11.4. The van der Waals surface area contributed by atoms with Gasteiger partial charge < -0.3 is 10.5 Å². The summed E-state index contributed by atoms with van der Waals surface area (Å²) in [6.45, 7) is 0. The van der Waals surface area contributed by atoms with Gasteiger partial charge in [-0.3, -0.25) is 9.54 Å². The second-order valence-electron chi connectivity index (χ2n) is 6.66. The molecule has 1 heterocycles. The zero-order valence-electron chi connectivity index (χ0n) is 16.4. The molecular formula is C22H19N4NaO4S. The maximum atomic E-state index is 11.8. The summed E-state index contributed by atoms with van der Waals surface area (Å²) < 4.78 is 38.5. The van der Waals surface area contributed by atoms with Gasteiger partial charge in [0.1, 0.15) is 22.0 Å². The molecular weight excluding hydrogens is 439 g/mol. The summed E-state index contributed by atoms with van der Waals surface area (Å²) in [7, 11) is -2.87. The van der Waals surface area contributed by atoms with Crippen molar-refractivity contribution in [1.29, 1.82) is 0 Å². The molecule has 10 heteroatoms. The molecule has 0 saturated heterocycles. The van der Waals surface area contributed by atoms with Crippen molar-refractivity contribution >= 4 is 67.5 Å². The number of fused-ring (bicyclic) bond motifs is 1. The van der Waals surface area contributed by atoms with Crippen molar-refractivity contribution < 1.29 is 17.7 Å². The van der Waals surface area contributed by atoms with E-state index in [1.807, 2.05) is 24.3 Å². The summed E-state index contributed by atoms with van der Waals surface area (Å²) >= 11 is 0. The van der Waals surface area contributed by atoms with Crippen LogP contribution in [0.25, 0.3) is 22.0 Å². The van der Waals surface area contributed by atoms with E-state index in [4.69, 9.17) is 10.5 Å². The molecule has 0 radical (unpaired) electrons. The van der Waals surface area contributed by atoms with Gasteiger partial charge in [-0.2, -0.15) is 8.42 Å². The number of hydrogen-bond donors (Lipinski definition) is 2. The van der Waals surface area contributed by atoms with Crippen LogP contribution in [0.15, 0.2) is 88.1 Å². The molecule has 0 aliphatic heterocycles. The number of methoxy groups -OCH3 is 1. The molecule has 3 N–H and O–H groups in total. The monoisotopic (exact) mass is 458 g/mol. The van der Waals surface area contributed by atoms with Gasteiger partial charge in [0.25, 0.3) is 10.1 Å². The Hall–Kier alpha value is -2.82. The van der Waals surface area contributed by atoms with Gasteiger partial charge in [-0.25, -0.2) is 0 Å². The van der Waals surface area contributed by atoms with Crippen LogP contribution >= 0.6 is 0 Å². The van der Waals surface area contributed by atoms with Gasteiger partial charge in [-0.1, -0.05) is 36.4 Å². The van der Waals surface area contributed by atoms with Crippen LogP contribution in [0, 0.1) is 0 Å². The number of aromatic nitrogens is 1. The summed E-state index contributed by atoms with van der Waals surface area (Å²) in [6.07, 6.45) is 1.54. The topological polar surface area (TPSA) is 127 Å². The standard InChI is InChI=1S/C22H18N4O4S.Na.H/c1-30-16-6-4-5-14(11-16)19-10-9-15(13-24-19)25-26-20-12-21(31(27,28)29)17-7-2-3-8-18(17)22(20)23;;/h2-13H,23H2,1H3,(H,27,28,29);;. The number of nitrogen functional groups attached to an aromatic ring is 1. The Morgan fingerprint density at radius 1 is 0.969 bits per heavy atom. The quantitative estimate of drug-likeness (QED) is 0.196. The fourth-order valence-corrected chi connectivity index (χ4v) is 3.87. The van der Waals surface area contributed by atoms with Crippen molar-refractivity contribution in [1.82, 2.24) is 4.98 Å². The molecule has 4 aromatic rings. The Morgan fingerprint density at radius 3 is 2.38 bits per heavy atom. The number of anilines is 1. The van der Waals surface area contributed by atoms with E-state index in [9.17, 15) is 13.0 Å². The first-order valence-electron chi connectivity index (χ1n) is 9.18. The predicted molar refractivity (Wildman–Crippen MR) is 126 cm³/mol. The summed E-state index contributed by atoms with van der Waals surface area (Å²) in [6, 6.07) is 18.8. The Balaban J connectivity index is 0.00000289. The second kappa shape index (κ2) is 9.76. The molecule has 0 aliphatic carbocycles. The predicted octanol–water partition coefficient (Wildman–Crippen LogP) is 4.51. The van der Waals surface area contributed by atoms with Crippen molar-refractivity contribution in [2.75, 3.05) is 12.8 Å². The van der Waals surface area contributed by atoms with E-state index in [-0.39, 0.29) is 45.8 Å². The summed E-state index contributed by atoms with van der Waals surface area (Å²) in [5, 5.41) is 8.98. The van der Waals surface area contributed by atoms with E-state index in [0.717, 1.165) is 17.0 Å². The molecule has 0 unspecified atom stereocenters. The van der Waals surface area contributed by atoms with Crippen LogP contribution in [-0.2, 0) is 10.1 Å². The Kier molecular flexibility index (Phi) is 7.27. The van der Waals surface area contributed by atoms with Gasteiger partial charge in [-0.15, -0.1) is 10.2 Å². The first-order valence-corrected chi connectivity index (χ1v) is 10.6.